The third kappa shape index (κ3) is 3.54. The minimum absolute atomic E-state index is 0.164. The molecule has 1 aromatic heterocycles. The summed E-state index contributed by atoms with van der Waals surface area (Å²) in [5.41, 5.74) is 2.46. The molecule has 0 radical (unpaired) electrons. The lowest BCUT2D eigenvalue weighted by atomic mass is 10.1. The van der Waals surface area contributed by atoms with Crippen LogP contribution in [0.15, 0.2) is 54.7 Å². The summed E-state index contributed by atoms with van der Waals surface area (Å²) >= 11 is 0. The van der Waals surface area contributed by atoms with Crippen molar-refractivity contribution in [3.05, 3.63) is 71.4 Å². The summed E-state index contributed by atoms with van der Waals surface area (Å²) in [5, 5.41) is 7.24. The van der Waals surface area contributed by atoms with E-state index < -0.39 is 0 Å². The maximum atomic E-state index is 12.6. The zero-order valence-electron chi connectivity index (χ0n) is 15.0. The molecule has 0 aliphatic carbocycles. The van der Waals surface area contributed by atoms with E-state index in [9.17, 15) is 4.79 Å². The number of aryl methyl sites for hydroxylation is 1. The molecular formula is C20H21N3O3. The van der Waals surface area contributed by atoms with E-state index in [1.54, 1.807) is 37.2 Å². The summed E-state index contributed by atoms with van der Waals surface area (Å²) in [6.07, 6.45) is 1.65. The molecule has 3 rings (SSSR count). The standard InChI is InChI=1S/C20H21N3O3/c1-14-7-4-5-9-16(14)20(24)22-18-11-12-21-23(18)13-15-8-6-10-17(25-2)19(15)26-3/h4-12H,13H2,1-3H3,(H,22,24). The lowest BCUT2D eigenvalue weighted by molar-refractivity contribution is 0.102. The first-order valence-corrected chi connectivity index (χ1v) is 8.22. The number of nitrogens with zero attached hydrogens (tertiary/aromatic N) is 2. The Balaban J connectivity index is 1.84. The minimum atomic E-state index is -0.164. The quantitative estimate of drug-likeness (QED) is 0.738. The molecule has 1 amide bonds. The Kier molecular flexibility index (Phi) is 5.22. The smallest absolute Gasteiger partial charge is 0.257 e. The number of rotatable bonds is 6. The van der Waals surface area contributed by atoms with Gasteiger partial charge in [0.25, 0.3) is 5.91 Å². The van der Waals surface area contributed by atoms with E-state index in [1.807, 2.05) is 43.3 Å². The van der Waals surface area contributed by atoms with E-state index in [2.05, 4.69) is 10.4 Å². The molecule has 0 bridgehead atoms. The first-order valence-electron chi connectivity index (χ1n) is 8.22. The van der Waals surface area contributed by atoms with Gasteiger partial charge in [-0.15, -0.1) is 0 Å². The molecule has 0 fully saturated rings. The third-order valence-electron chi connectivity index (χ3n) is 4.15. The Morgan fingerprint density at radius 2 is 1.88 bits per heavy atom. The van der Waals surface area contributed by atoms with Crippen molar-refractivity contribution in [2.75, 3.05) is 19.5 Å². The fraction of sp³-hybridized carbons (Fsp3) is 0.200. The highest BCUT2D eigenvalue weighted by Crippen LogP contribution is 2.31. The third-order valence-corrected chi connectivity index (χ3v) is 4.15. The van der Waals surface area contributed by atoms with Gasteiger partial charge in [-0.3, -0.25) is 4.79 Å². The summed E-state index contributed by atoms with van der Waals surface area (Å²) in [4.78, 5) is 12.6. The molecule has 6 heteroatoms. The van der Waals surface area contributed by atoms with Crippen molar-refractivity contribution < 1.29 is 14.3 Å². The van der Waals surface area contributed by atoms with Gasteiger partial charge in [0.05, 0.1) is 27.0 Å². The van der Waals surface area contributed by atoms with Crippen molar-refractivity contribution in [1.29, 1.82) is 0 Å². The van der Waals surface area contributed by atoms with Crippen LogP contribution in [0, 0.1) is 6.92 Å². The van der Waals surface area contributed by atoms with Gasteiger partial charge >= 0.3 is 0 Å². The molecule has 134 valence electrons. The Hall–Kier alpha value is -3.28. The van der Waals surface area contributed by atoms with Crippen molar-refractivity contribution in [3.63, 3.8) is 0 Å². The molecule has 3 aromatic rings. The predicted molar refractivity (Wildman–Crippen MR) is 100 cm³/mol. The van der Waals surface area contributed by atoms with Crippen molar-refractivity contribution in [2.24, 2.45) is 0 Å². The summed E-state index contributed by atoms with van der Waals surface area (Å²) in [5.74, 6) is 1.76. The van der Waals surface area contributed by atoms with Crippen LogP contribution in [0.3, 0.4) is 0 Å². The fourth-order valence-corrected chi connectivity index (χ4v) is 2.82. The largest absolute Gasteiger partial charge is 0.493 e. The van der Waals surface area contributed by atoms with Gasteiger partial charge in [0.15, 0.2) is 11.5 Å². The van der Waals surface area contributed by atoms with Crippen molar-refractivity contribution in [3.8, 4) is 11.5 Å². The second kappa shape index (κ2) is 7.74. The lowest BCUT2D eigenvalue weighted by Crippen LogP contribution is -2.17. The predicted octanol–water partition coefficient (Wildman–Crippen LogP) is 3.51. The highest BCUT2D eigenvalue weighted by atomic mass is 16.5. The number of aromatic nitrogens is 2. The average Bonchev–Trinajstić information content (AvgIpc) is 3.08. The van der Waals surface area contributed by atoms with Crippen LogP contribution < -0.4 is 14.8 Å². The summed E-state index contributed by atoms with van der Waals surface area (Å²) in [7, 11) is 3.20. The van der Waals surface area contributed by atoms with Gasteiger partial charge in [-0.1, -0.05) is 30.3 Å². The second-order valence-electron chi connectivity index (χ2n) is 5.80. The molecule has 0 spiro atoms. The summed E-state index contributed by atoms with van der Waals surface area (Å²) < 4.78 is 12.5. The number of benzene rings is 2. The highest BCUT2D eigenvalue weighted by molar-refractivity contribution is 6.04. The van der Waals surface area contributed by atoms with Gasteiger partial charge in [-0.2, -0.15) is 5.10 Å². The van der Waals surface area contributed by atoms with Crippen LogP contribution in [0.25, 0.3) is 0 Å². The fourth-order valence-electron chi connectivity index (χ4n) is 2.82. The highest BCUT2D eigenvalue weighted by Gasteiger charge is 2.14. The number of anilines is 1. The molecule has 1 N–H and O–H groups in total. The number of ether oxygens (including phenoxy) is 2. The average molecular weight is 351 g/mol. The van der Waals surface area contributed by atoms with E-state index in [0.29, 0.717) is 29.4 Å². The van der Waals surface area contributed by atoms with Gasteiger partial charge in [0, 0.05) is 17.2 Å². The topological polar surface area (TPSA) is 65.4 Å². The number of carbonyl (C=O) groups excluding carboxylic acids is 1. The molecular weight excluding hydrogens is 330 g/mol. The number of nitrogens with one attached hydrogen (secondary N) is 1. The van der Waals surface area contributed by atoms with E-state index in [-0.39, 0.29) is 5.91 Å². The molecule has 0 aliphatic rings. The van der Waals surface area contributed by atoms with Crippen LogP contribution in [-0.4, -0.2) is 29.9 Å². The molecule has 6 nitrogen and oxygen atoms in total. The normalized spacial score (nSPS) is 10.4. The van der Waals surface area contributed by atoms with Crippen LogP contribution >= 0.6 is 0 Å². The van der Waals surface area contributed by atoms with E-state index in [4.69, 9.17) is 9.47 Å². The molecule has 2 aromatic carbocycles. The molecule has 0 saturated heterocycles. The van der Waals surface area contributed by atoms with Crippen LogP contribution in [0.1, 0.15) is 21.5 Å². The molecule has 0 aliphatic heterocycles. The number of carbonyl (C=O) groups is 1. The van der Waals surface area contributed by atoms with Gasteiger partial charge in [0.1, 0.15) is 5.82 Å². The summed E-state index contributed by atoms with van der Waals surface area (Å²) in [6.45, 7) is 2.35. The number of para-hydroxylation sites is 1. The van der Waals surface area contributed by atoms with Crippen molar-refractivity contribution >= 4 is 11.7 Å². The molecule has 26 heavy (non-hydrogen) atoms. The Bertz CT molecular complexity index is 918. The van der Waals surface area contributed by atoms with Crippen LogP contribution in [-0.2, 0) is 6.54 Å². The number of amides is 1. The molecule has 0 atom stereocenters. The van der Waals surface area contributed by atoms with Crippen LogP contribution in [0.2, 0.25) is 0 Å². The first-order chi connectivity index (χ1) is 12.6. The van der Waals surface area contributed by atoms with E-state index in [0.717, 1.165) is 11.1 Å². The van der Waals surface area contributed by atoms with E-state index >= 15 is 0 Å². The first kappa shape index (κ1) is 17.5. The van der Waals surface area contributed by atoms with Gasteiger partial charge in [0.2, 0.25) is 0 Å². The van der Waals surface area contributed by atoms with Gasteiger partial charge in [-0.05, 0) is 24.6 Å². The van der Waals surface area contributed by atoms with Crippen LogP contribution in [0.5, 0.6) is 11.5 Å². The molecule has 0 saturated carbocycles. The molecule has 0 unspecified atom stereocenters. The maximum absolute atomic E-state index is 12.6. The van der Waals surface area contributed by atoms with Crippen molar-refractivity contribution in [2.45, 2.75) is 13.5 Å². The molecule has 1 heterocycles. The number of hydrogen-bond donors (Lipinski definition) is 1. The number of methoxy groups -OCH3 is 2. The van der Waals surface area contributed by atoms with Crippen molar-refractivity contribution in [1.82, 2.24) is 9.78 Å². The van der Waals surface area contributed by atoms with Gasteiger partial charge in [-0.25, -0.2) is 4.68 Å². The monoisotopic (exact) mass is 351 g/mol. The Morgan fingerprint density at radius 1 is 1.08 bits per heavy atom. The Morgan fingerprint density at radius 3 is 2.62 bits per heavy atom. The lowest BCUT2D eigenvalue weighted by Gasteiger charge is -2.14. The Labute approximate surface area is 152 Å². The maximum Gasteiger partial charge on any atom is 0.257 e. The zero-order valence-corrected chi connectivity index (χ0v) is 15.0. The zero-order chi connectivity index (χ0) is 18.5. The number of hydrogen-bond acceptors (Lipinski definition) is 4. The SMILES string of the molecule is COc1cccc(Cn2nccc2NC(=O)c2ccccc2C)c1OC. The van der Waals surface area contributed by atoms with Crippen LogP contribution in [0.4, 0.5) is 5.82 Å². The van der Waals surface area contributed by atoms with E-state index in [1.165, 1.54) is 0 Å². The minimum Gasteiger partial charge on any atom is -0.493 e. The van der Waals surface area contributed by atoms with Gasteiger partial charge < -0.3 is 14.8 Å². The summed E-state index contributed by atoms with van der Waals surface area (Å²) in [6, 6.07) is 14.9. The second-order valence-corrected chi connectivity index (χ2v) is 5.80.